The molecule has 2 unspecified atom stereocenters. The molecule has 19 heavy (non-hydrogen) atoms. The van der Waals surface area contributed by atoms with Crippen molar-refractivity contribution in [2.75, 3.05) is 13.7 Å². The molecule has 1 N–H and O–H groups in total. The van der Waals surface area contributed by atoms with Gasteiger partial charge in [0, 0.05) is 13.2 Å². The second-order valence-corrected chi connectivity index (χ2v) is 5.21. The summed E-state index contributed by atoms with van der Waals surface area (Å²) in [6.07, 6.45) is 2.76. The van der Waals surface area contributed by atoms with Gasteiger partial charge in [0.05, 0.1) is 5.60 Å². The number of nitrogens with one attached hydrogen (secondary N) is 1. The summed E-state index contributed by atoms with van der Waals surface area (Å²) in [6.45, 7) is 7.32. The summed E-state index contributed by atoms with van der Waals surface area (Å²) in [6, 6.07) is 7.00. The predicted molar refractivity (Wildman–Crippen MR) is 77.9 cm³/mol. The van der Waals surface area contributed by atoms with Crippen LogP contribution < -0.4 is 5.32 Å². The second kappa shape index (κ2) is 7.61. The molecule has 1 rings (SSSR count). The van der Waals surface area contributed by atoms with E-state index in [1.807, 2.05) is 6.07 Å². The fourth-order valence-corrected chi connectivity index (χ4v) is 2.26. The van der Waals surface area contributed by atoms with Crippen molar-refractivity contribution in [1.82, 2.24) is 5.32 Å². The van der Waals surface area contributed by atoms with E-state index in [0.29, 0.717) is 0 Å². The normalized spacial score (nSPS) is 16.1. The predicted octanol–water partition coefficient (Wildman–Crippen LogP) is 3.55. The first-order chi connectivity index (χ1) is 9.05. The molecule has 0 bridgehead atoms. The van der Waals surface area contributed by atoms with Gasteiger partial charge in [0.25, 0.3) is 0 Å². The van der Waals surface area contributed by atoms with Crippen molar-refractivity contribution in [2.45, 2.75) is 51.7 Å². The van der Waals surface area contributed by atoms with Crippen LogP contribution in [0.15, 0.2) is 24.3 Å². The molecule has 0 spiro atoms. The lowest BCUT2D eigenvalue weighted by Gasteiger charge is -2.36. The fraction of sp³-hybridized carbons (Fsp3) is 0.625. The van der Waals surface area contributed by atoms with E-state index < -0.39 is 0 Å². The topological polar surface area (TPSA) is 21.3 Å². The zero-order chi connectivity index (χ0) is 14.3. The molecule has 1 aromatic carbocycles. The Balaban J connectivity index is 2.85. The lowest BCUT2D eigenvalue weighted by molar-refractivity contribution is -0.0287. The van der Waals surface area contributed by atoms with Gasteiger partial charge in [-0.2, -0.15) is 0 Å². The van der Waals surface area contributed by atoms with Crippen LogP contribution in [0, 0.1) is 5.82 Å². The van der Waals surface area contributed by atoms with Crippen molar-refractivity contribution >= 4 is 0 Å². The summed E-state index contributed by atoms with van der Waals surface area (Å²) in [5, 5.41) is 3.53. The molecule has 0 saturated carbocycles. The number of hydrogen-bond donors (Lipinski definition) is 1. The van der Waals surface area contributed by atoms with Crippen LogP contribution in [0.5, 0.6) is 0 Å². The Morgan fingerprint density at radius 1 is 1.37 bits per heavy atom. The van der Waals surface area contributed by atoms with E-state index >= 15 is 0 Å². The zero-order valence-electron chi connectivity index (χ0n) is 12.5. The minimum Gasteiger partial charge on any atom is -0.377 e. The molecule has 0 amide bonds. The molecular formula is C16H26FNO. The molecule has 108 valence electrons. The molecule has 0 radical (unpaired) electrons. The Kier molecular flexibility index (Phi) is 6.46. The van der Waals surface area contributed by atoms with Crippen LogP contribution in [0.3, 0.4) is 0 Å². The maximum atomic E-state index is 13.3. The highest BCUT2D eigenvalue weighted by Gasteiger charge is 2.32. The summed E-state index contributed by atoms with van der Waals surface area (Å²) in [5.41, 5.74) is 0.770. The summed E-state index contributed by atoms with van der Waals surface area (Å²) >= 11 is 0. The molecule has 0 aliphatic heterocycles. The Bertz CT molecular complexity index is 377. The summed E-state index contributed by atoms with van der Waals surface area (Å²) in [5.74, 6) is -0.178. The van der Waals surface area contributed by atoms with Gasteiger partial charge in [-0.1, -0.05) is 26.0 Å². The van der Waals surface area contributed by atoms with Crippen molar-refractivity contribution < 1.29 is 9.13 Å². The number of methoxy groups -OCH3 is 1. The molecule has 0 aliphatic carbocycles. The first kappa shape index (κ1) is 16.1. The Labute approximate surface area is 116 Å². The quantitative estimate of drug-likeness (QED) is 0.777. The molecule has 0 aromatic heterocycles. The van der Waals surface area contributed by atoms with Crippen molar-refractivity contribution in [2.24, 2.45) is 0 Å². The Hall–Kier alpha value is -0.930. The molecule has 3 heteroatoms. The Morgan fingerprint density at radius 2 is 2.11 bits per heavy atom. The second-order valence-electron chi connectivity index (χ2n) is 5.21. The van der Waals surface area contributed by atoms with E-state index in [0.717, 1.165) is 31.4 Å². The van der Waals surface area contributed by atoms with Crippen molar-refractivity contribution in [1.29, 1.82) is 0 Å². The van der Waals surface area contributed by atoms with Gasteiger partial charge in [-0.05, 0) is 50.4 Å². The monoisotopic (exact) mass is 267 g/mol. The highest BCUT2D eigenvalue weighted by Crippen LogP contribution is 2.22. The van der Waals surface area contributed by atoms with Crippen LogP contribution in [0.4, 0.5) is 4.39 Å². The van der Waals surface area contributed by atoms with Crippen LogP contribution >= 0.6 is 0 Å². The summed E-state index contributed by atoms with van der Waals surface area (Å²) in [4.78, 5) is 0. The van der Waals surface area contributed by atoms with Gasteiger partial charge in [0.15, 0.2) is 0 Å². The SMILES string of the molecule is CCCNC(Cc1cccc(F)c1)C(C)(CC)OC. The van der Waals surface area contributed by atoms with Gasteiger partial charge in [0.2, 0.25) is 0 Å². The molecule has 0 saturated heterocycles. The number of hydrogen-bond acceptors (Lipinski definition) is 2. The maximum absolute atomic E-state index is 13.3. The van der Waals surface area contributed by atoms with Crippen LogP contribution in [0.1, 0.15) is 39.2 Å². The van der Waals surface area contributed by atoms with E-state index in [-0.39, 0.29) is 17.5 Å². The average molecular weight is 267 g/mol. The van der Waals surface area contributed by atoms with E-state index in [9.17, 15) is 4.39 Å². The van der Waals surface area contributed by atoms with E-state index in [2.05, 4.69) is 26.1 Å². The van der Waals surface area contributed by atoms with E-state index in [4.69, 9.17) is 4.74 Å². The summed E-state index contributed by atoms with van der Waals surface area (Å²) < 4.78 is 19.0. The van der Waals surface area contributed by atoms with Crippen molar-refractivity contribution in [3.63, 3.8) is 0 Å². The van der Waals surface area contributed by atoms with Crippen LogP contribution in [0.25, 0.3) is 0 Å². The standard InChI is InChI=1S/C16H26FNO/c1-5-10-18-15(16(3,6-2)19-4)12-13-8-7-9-14(17)11-13/h7-9,11,15,18H,5-6,10,12H2,1-4H3. The lowest BCUT2D eigenvalue weighted by Crippen LogP contribution is -2.51. The minimum atomic E-state index is -0.235. The summed E-state index contributed by atoms with van der Waals surface area (Å²) in [7, 11) is 1.75. The molecule has 2 atom stereocenters. The van der Waals surface area contributed by atoms with Crippen molar-refractivity contribution in [3.05, 3.63) is 35.6 Å². The van der Waals surface area contributed by atoms with Gasteiger partial charge in [0.1, 0.15) is 5.82 Å². The Morgan fingerprint density at radius 3 is 2.63 bits per heavy atom. The zero-order valence-corrected chi connectivity index (χ0v) is 12.5. The number of benzene rings is 1. The molecule has 2 nitrogen and oxygen atoms in total. The minimum absolute atomic E-state index is 0.178. The smallest absolute Gasteiger partial charge is 0.123 e. The van der Waals surface area contributed by atoms with Crippen LogP contribution in [0.2, 0.25) is 0 Å². The molecule has 1 aromatic rings. The van der Waals surface area contributed by atoms with E-state index in [1.165, 1.54) is 6.07 Å². The number of rotatable bonds is 8. The molecule has 0 fully saturated rings. The first-order valence-electron chi connectivity index (χ1n) is 7.08. The van der Waals surface area contributed by atoms with Gasteiger partial charge in [-0.3, -0.25) is 0 Å². The molecule has 0 aliphatic rings. The third-order valence-electron chi connectivity index (χ3n) is 3.88. The third kappa shape index (κ3) is 4.59. The van der Waals surface area contributed by atoms with E-state index in [1.54, 1.807) is 19.2 Å². The number of halogens is 1. The highest BCUT2D eigenvalue weighted by atomic mass is 19.1. The largest absolute Gasteiger partial charge is 0.377 e. The maximum Gasteiger partial charge on any atom is 0.123 e. The van der Waals surface area contributed by atoms with Crippen LogP contribution in [-0.4, -0.2) is 25.3 Å². The number of ether oxygens (including phenoxy) is 1. The highest BCUT2D eigenvalue weighted by molar-refractivity contribution is 5.18. The molecule has 0 heterocycles. The first-order valence-corrected chi connectivity index (χ1v) is 7.08. The van der Waals surface area contributed by atoms with Crippen LogP contribution in [-0.2, 0) is 11.2 Å². The van der Waals surface area contributed by atoms with Gasteiger partial charge in [-0.25, -0.2) is 4.39 Å². The van der Waals surface area contributed by atoms with Crippen molar-refractivity contribution in [3.8, 4) is 0 Å². The lowest BCUT2D eigenvalue weighted by atomic mass is 9.88. The van der Waals surface area contributed by atoms with Gasteiger partial charge < -0.3 is 10.1 Å². The van der Waals surface area contributed by atoms with Gasteiger partial charge >= 0.3 is 0 Å². The van der Waals surface area contributed by atoms with Gasteiger partial charge in [-0.15, -0.1) is 0 Å². The molecular weight excluding hydrogens is 241 g/mol. The fourth-order valence-electron chi connectivity index (χ4n) is 2.26. The average Bonchev–Trinajstić information content (AvgIpc) is 2.42. The third-order valence-corrected chi connectivity index (χ3v) is 3.88.